The van der Waals surface area contributed by atoms with Crippen LogP contribution in [0.15, 0.2) is 18.2 Å². The number of halogens is 1. The van der Waals surface area contributed by atoms with Crippen molar-refractivity contribution >= 4 is 23.4 Å². The molecule has 1 aliphatic heterocycles. The minimum atomic E-state index is -0.462. The molecule has 1 fully saturated rings. The van der Waals surface area contributed by atoms with Crippen LogP contribution >= 0.6 is 11.6 Å². The summed E-state index contributed by atoms with van der Waals surface area (Å²) in [7, 11) is 3.40. The molecule has 5 nitrogen and oxygen atoms in total. The van der Waals surface area contributed by atoms with Gasteiger partial charge in [-0.25, -0.2) is 0 Å². The minimum absolute atomic E-state index is 0.0674. The van der Waals surface area contributed by atoms with Crippen LogP contribution in [0, 0.1) is 6.92 Å². The van der Waals surface area contributed by atoms with Gasteiger partial charge in [0.15, 0.2) is 0 Å². The molecule has 0 aliphatic carbocycles. The van der Waals surface area contributed by atoms with E-state index >= 15 is 0 Å². The minimum Gasteiger partial charge on any atom is -0.347 e. The molecule has 0 aromatic heterocycles. The molecule has 1 aliphatic rings. The van der Waals surface area contributed by atoms with Crippen LogP contribution in [-0.4, -0.2) is 61.4 Å². The maximum absolute atomic E-state index is 12.8. The Morgan fingerprint density at radius 1 is 1.38 bits per heavy atom. The van der Waals surface area contributed by atoms with E-state index in [1.807, 2.05) is 6.92 Å². The molecular weight excluding hydrogens is 290 g/mol. The van der Waals surface area contributed by atoms with E-state index in [0.717, 1.165) is 5.56 Å². The van der Waals surface area contributed by atoms with Crippen LogP contribution in [-0.2, 0) is 4.79 Å². The van der Waals surface area contributed by atoms with E-state index < -0.39 is 6.04 Å². The predicted octanol–water partition coefficient (Wildman–Crippen LogP) is 1.15. The van der Waals surface area contributed by atoms with Crippen LogP contribution in [0.25, 0.3) is 0 Å². The molecule has 1 heterocycles. The highest BCUT2D eigenvalue weighted by Crippen LogP contribution is 2.19. The zero-order valence-electron chi connectivity index (χ0n) is 12.5. The van der Waals surface area contributed by atoms with Gasteiger partial charge in [-0.1, -0.05) is 11.6 Å². The van der Waals surface area contributed by atoms with Gasteiger partial charge in [0.2, 0.25) is 5.91 Å². The molecule has 2 amide bonds. The second kappa shape index (κ2) is 6.45. The molecule has 1 unspecified atom stereocenters. The predicted molar refractivity (Wildman–Crippen MR) is 82.6 cm³/mol. The first-order valence-corrected chi connectivity index (χ1v) is 7.28. The second-order valence-corrected chi connectivity index (χ2v) is 5.85. The Labute approximate surface area is 129 Å². The van der Waals surface area contributed by atoms with Gasteiger partial charge in [0.25, 0.3) is 5.91 Å². The first-order valence-electron chi connectivity index (χ1n) is 6.91. The molecule has 0 spiro atoms. The summed E-state index contributed by atoms with van der Waals surface area (Å²) in [5, 5.41) is 3.77. The average Bonchev–Trinajstić information content (AvgIpc) is 2.45. The van der Waals surface area contributed by atoms with Gasteiger partial charge in [-0.05, 0) is 30.7 Å². The molecule has 21 heavy (non-hydrogen) atoms. The second-order valence-electron chi connectivity index (χ2n) is 5.41. The van der Waals surface area contributed by atoms with Crippen molar-refractivity contribution in [2.24, 2.45) is 0 Å². The lowest BCUT2D eigenvalue weighted by molar-refractivity contribution is -0.134. The summed E-state index contributed by atoms with van der Waals surface area (Å²) in [4.78, 5) is 28.2. The Kier molecular flexibility index (Phi) is 4.85. The highest BCUT2D eigenvalue weighted by atomic mass is 35.5. The number of carbonyl (C=O) groups excluding carboxylic acids is 2. The number of amides is 2. The number of nitrogens with one attached hydrogen (secondary N) is 1. The normalized spacial score (nSPS) is 18.5. The first kappa shape index (κ1) is 15.8. The van der Waals surface area contributed by atoms with Crippen LogP contribution in [0.4, 0.5) is 0 Å². The van der Waals surface area contributed by atoms with Gasteiger partial charge in [-0.2, -0.15) is 0 Å². The fourth-order valence-corrected chi connectivity index (χ4v) is 2.71. The van der Waals surface area contributed by atoms with Gasteiger partial charge in [-0.3, -0.25) is 9.59 Å². The third-order valence-electron chi connectivity index (χ3n) is 3.65. The third kappa shape index (κ3) is 3.36. The molecule has 0 radical (unpaired) electrons. The first-order chi connectivity index (χ1) is 9.91. The van der Waals surface area contributed by atoms with E-state index in [1.165, 1.54) is 4.90 Å². The lowest BCUT2D eigenvalue weighted by Crippen LogP contribution is -2.59. The summed E-state index contributed by atoms with van der Waals surface area (Å²) in [6.07, 6.45) is 0. The zero-order valence-corrected chi connectivity index (χ0v) is 13.3. The summed E-state index contributed by atoms with van der Waals surface area (Å²) in [6, 6.07) is 4.72. The fourth-order valence-electron chi connectivity index (χ4n) is 2.49. The molecular formula is C15H20ClN3O2. The summed E-state index contributed by atoms with van der Waals surface area (Å²) < 4.78 is 0. The van der Waals surface area contributed by atoms with Crippen molar-refractivity contribution in [2.45, 2.75) is 13.0 Å². The third-order valence-corrected chi connectivity index (χ3v) is 3.88. The van der Waals surface area contributed by atoms with E-state index in [4.69, 9.17) is 11.6 Å². The molecule has 6 heteroatoms. The molecule has 1 atom stereocenters. The maximum atomic E-state index is 12.8. The van der Waals surface area contributed by atoms with Crippen LogP contribution in [0.2, 0.25) is 5.02 Å². The summed E-state index contributed by atoms with van der Waals surface area (Å²) in [5.74, 6) is -0.187. The van der Waals surface area contributed by atoms with Gasteiger partial charge in [0.05, 0.1) is 0 Å². The Bertz CT molecular complexity index is 560. The molecule has 0 saturated carbocycles. The lowest BCUT2D eigenvalue weighted by Gasteiger charge is -2.36. The van der Waals surface area contributed by atoms with Crippen LogP contribution in [0.5, 0.6) is 0 Å². The maximum Gasteiger partial charge on any atom is 0.254 e. The van der Waals surface area contributed by atoms with Crippen molar-refractivity contribution in [1.29, 1.82) is 0 Å². The molecule has 114 valence electrons. The Hall–Kier alpha value is -1.59. The number of carbonyl (C=O) groups is 2. The van der Waals surface area contributed by atoms with Crippen molar-refractivity contribution in [3.05, 3.63) is 34.3 Å². The van der Waals surface area contributed by atoms with Crippen LogP contribution in [0.3, 0.4) is 0 Å². The molecule has 1 saturated heterocycles. The number of rotatable bonds is 2. The van der Waals surface area contributed by atoms with Crippen molar-refractivity contribution < 1.29 is 9.59 Å². The molecule has 0 bridgehead atoms. The van der Waals surface area contributed by atoms with Crippen molar-refractivity contribution in [2.75, 3.05) is 33.7 Å². The molecule has 2 rings (SSSR count). The van der Waals surface area contributed by atoms with Gasteiger partial charge in [0, 0.05) is 44.3 Å². The standard InChI is InChI=1S/C15H20ClN3O2/c1-10-8-11(16)4-5-12(10)14(20)19-7-6-17-9-13(19)15(21)18(2)3/h4-5,8,13,17H,6-7,9H2,1-3H3. The molecule has 1 aromatic carbocycles. The van der Waals surface area contributed by atoms with E-state index in [0.29, 0.717) is 30.2 Å². The SMILES string of the molecule is Cc1cc(Cl)ccc1C(=O)N1CCNCC1C(=O)N(C)C. The number of hydrogen-bond acceptors (Lipinski definition) is 3. The number of nitrogens with zero attached hydrogens (tertiary/aromatic N) is 2. The van der Waals surface area contributed by atoms with Crippen molar-refractivity contribution in [1.82, 2.24) is 15.1 Å². The average molecular weight is 310 g/mol. The van der Waals surface area contributed by atoms with Gasteiger partial charge >= 0.3 is 0 Å². The fraction of sp³-hybridized carbons (Fsp3) is 0.467. The van der Waals surface area contributed by atoms with E-state index in [9.17, 15) is 9.59 Å². The molecule has 1 aromatic rings. The summed E-state index contributed by atoms with van der Waals surface area (Å²) >= 11 is 5.93. The van der Waals surface area contributed by atoms with Crippen molar-refractivity contribution in [3.8, 4) is 0 Å². The highest BCUT2D eigenvalue weighted by molar-refractivity contribution is 6.30. The number of piperazine rings is 1. The quantitative estimate of drug-likeness (QED) is 0.891. The van der Waals surface area contributed by atoms with Gasteiger partial charge in [0.1, 0.15) is 6.04 Å². The number of likely N-dealkylation sites (N-methyl/N-ethyl adjacent to an activating group) is 1. The smallest absolute Gasteiger partial charge is 0.254 e. The van der Waals surface area contributed by atoms with E-state index in [1.54, 1.807) is 37.2 Å². The van der Waals surface area contributed by atoms with E-state index in [2.05, 4.69) is 5.32 Å². The topological polar surface area (TPSA) is 52.7 Å². The largest absolute Gasteiger partial charge is 0.347 e. The van der Waals surface area contributed by atoms with Crippen LogP contribution in [0.1, 0.15) is 15.9 Å². The lowest BCUT2D eigenvalue weighted by atomic mass is 10.0. The van der Waals surface area contributed by atoms with Gasteiger partial charge < -0.3 is 15.1 Å². The van der Waals surface area contributed by atoms with Crippen molar-refractivity contribution in [3.63, 3.8) is 0 Å². The Morgan fingerprint density at radius 3 is 2.71 bits per heavy atom. The highest BCUT2D eigenvalue weighted by Gasteiger charge is 2.33. The van der Waals surface area contributed by atoms with Crippen LogP contribution < -0.4 is 5.32 Å². The summed E-state index contributed by atoms with van der Waals surface area (Å²) in [6.45, 7) is 3.54. The van der Waals surface area contributed by atoms with E-state index in [-0.39, 0.29) is 11.8 Å². The monoisotopic (exact) mass is 309 g/mol. The Morgan fingerprint density at radius 2 is 2.10 bits per heavy atom. The number of aryl methyl sites for hydroxylation is 1. The Balaban J connectivity index is 2.28. The number of hydrogen-bond donors (Lipinski definition) is 1. The number of benzene rings is 1. The van der Waals surface area contributed by atoms with Gasteiger partial charge in [-0.15, -0.1) is 0 Å². The summed E-state index contributed by atoms with van der Waals surface area (Å²) in [5.41, 5.74) is 1.42. The molecule has 1 N–H and O–H groups in total. The zero-order chi connectivity index (χ0) is 15.6.